The first-order valence-corrected chi connectivity index (χ1v) is 21.6. The van der Waals surface area contributed by atoms with Gasteiger partial charge >= 0.3 is 5.92 Å². The van der Waals surface area contributed by atoms with Gasteiger partial charge in [0.15, 0.2) is 5.78 Å². The molecule has 264 valence electrons. The van der Waals surface area contributed by atoms with E-state index >= 15 is 8.78 Å². The lowest BCUT2D eigenvalue weighted by atomic mass is 9.54. The van der Waals surface area contributed by atoms with E-state index in [9.17, 15) is 9.90 Å². The van der Waals surface area contributed by atoms with Crippen LogP contribution < -0.4 is 0 Å². The van der Waals surface area contributed by atoms with E-state index in [1.165, 1.54) is 54.4 Å². The molecule has 0 radical (unpaired) electrons. The molecule has 2 saturated carbocycles. The maximum absolute atomic E-state index is 16.5. The van der Waals surface area contributed by atoms with Crippen LogP contribution >= 0.6 is 0 Å². The molecule has 0 saturated heterocycles. The van der Waals surface area contributed by atoms with Crippen LogP contribution in [0.4, 0.5) is 8.78 Å². The zero-order valence-corrected chi connectivity index (χ0v) is 32.2. The molecule has 1 aromatic carbocycles. The maximum atomic E-state index is 16.5. The third-order valence-electron chi connectivity index (χ3n) is 13.7. The topological polar surface area (TPSA) is 37.3 Å². The predicted molar refractivity (Wildman–Crippen MR) is 199 cm³/mol. The van der Waals surface area contributed by atoms with Gasteiger partial charge in [-0.05, 0) is 114 Å². The quantitative estimate of drug-likeness (QED) is 0.144. The summed E-state index contributed by atoms with van der Waals surface area (Å²) in [5, 5.41) is 12.1. The Labute approximate surface area is 291 Å². The molecule has 48 heavy (non-hydrogen) atoms. The third kappa shape index (κ3) is 6.25. The number of rotatable bonds is 11. The van der Waals surface area contributed by atoms with Crippen LogP contribution in [0.25, 0.3) is 5.57 Å². The van der Waals surface area contributed by atoms with Crippen LogP contribution in [-0.2, 0) is 11.2 Å². The van der Waals surface area contributed by atoms with E-state index in [4.69, 9.17) is 0 Å². The molecule has 0 bridgehead atoms. The number of carbonyl (C=O) groups excluding carboxylic acids is 1. The van der Waals surface area contributed by atoms with Crippen molar-refractivity contribution in [3.05, 3.63) is 52.1 Å². The van der Waals surface area contributed by atoms with Crippen LogP contribution in [0.3, 0.4) is 0 Å². The summed E-state index contributed by atoms with van der Waals surface area (Å²) in [5.41, 5.74) is 8.13. The van der Waals surface area contributed by atoms with Crippen molar-refractivity contribution in [3.8, 4) is 11.5 Å². The van der Waals surface area contributed by atoms with Gasteiger partial charge in [-0.3, -0.25) is 4.79 Å². The van der Waals surface area contributed by atoms with Gasteiger partial charge in [0.05, 0.1) is 0 Å². The highest BCUT2D eigenvalue weighted by molar-refractivity contribution is 6.90. The molecule has 0 aliphatic heterocycles. The molecule has 2 nitrogen and oxygen atoms in total. The molecule has 1 aromatic rings. The standard InChI is InChI=1S/C43H62F2O2Si/c1-9-10-11-12-13-14-32-15-17-33(18-16-32)40-37-20-19-36-35(34(37)21-22-39(40)46)23-25-41(8)38(36)24-26-42(41,47)43(44,45)27-28-48(29(2)3,30(4)5)31(6)7/h15-18,29-31,36,38,47H,9-14,19-26H2,1-8H3/t36-,38+,41+,42+/m1/s1. The molecule has 4 aliphatic carbocycles. The highest BCUT2D eigenvalue weighted by Crippen LogP contribution is 2.66. The average molecular weight is 677 g/mol. The van der Waals surface area contributed by atoms with Gasteiger partial charge in [-0.25, -0.2) is 0 Å². The number of allylic oxidation sites excluding steroid dienone is 4. The van der Waals surface area contributed by atoms with Crippen molar-refractivity contribution >= 4 is 19.4 Å². The van der Waals surface area contributed by atoms with Crippen molar-refractivity contribution in [1.29, 1.82) is 0 Å². The van der Waals surface area contributed by atoms with Gasteiger partial charge in [0.25, 0.3) is 0 Å². The molecule has 5 heteroatoms. The summed E-state index contributed by atoms with van der Waals surface area (Å²) >= 11 is 0. The number of carbonyl (C=O) groups is 1. The van der Waals surface area contributed by atoms with E-state index < -0.39 is 25.0 Å². The molecular weight excluding hydrogens is 615 g/mol. The fourth-order valence-corrected chi connectivity index (χ4v) is 16.2. The zero-order valence-electron chi connectivity index (χ0n) is 31.2. The van der Waals surface area contributed by atoms with E-state index in [0.717, 1.165) is 36.8 Å². The summed E-state index contributed by atoms with van der Waals surface area (Å²) in [5.74, 6) is -0.535. The Balaban J connectivity index is 1.42. The van der Waals surface area contributed by atoms with Crippen molar-refractivity contribution in [1.82, 2.24) is 0 Å². The lowest BCUT2D eigenvalue weighted by Gasteiger charge is -2.53. The molecule has 0 amide bonds. The van der Waals surface area contributed by atoms with E-state index in [1.54, 1.807) is 0 Å². The van der Waals surface area contributed by atoms with Crippen molar-refractivity contribution in [2.24, 2.45) is 17.3 Å². The fraction of sp³-hybridized carbons (Fsp3) is 0.698. The van der Waals surface area contributed by atoms with Gasteiger partial charge in [-0.15, -0.1) is 5.54 Å². The van der Waals surface area contributed by atoms with Crippen LogP contribution in [0, 0.1) is 28.7 Å². The Bertz CT molecular complexity index is 1450. The monoisotopic (exact) mass is 676 g/mol. The van der Waals surface area contributed by atoms with Crippen molar-refractivity contribution in [3.63, 3.8) is 0 Å². The van der Waals surface area contributed by atoms with E-state index in [0.29, 0.717) is 25.7 Å². The number of benzene rings is 1. The lowest BCUT2D eigenvalue weighted by Crippen LogP contribution is -2.59. The van der Waals surface area contributed by atoms with Gasteiger partial charge in [-0.2, -0.15) is 8.78 Å². The van der Waals surface area contributed by atoms with E-state index in [2.05, 4.69) is 84.2 Å². The smallest absolute Gasteiger partial charge is 0.336 e. The Morgan fingerprint density at radius 3 is 2.15 bits per heavy atom. The fourth-order valence-electron chi connectivity index (χ4n) is 11.0. The number of unbranched alkanes of at least 4 members (excludes halogenated alkanes) is 4. The van der Waals surface area contributed by atoms with Crippen LogP contribution in [0.2, 0.25) is 16.6 Å². The number of aliphatic hydroxyl groups is 1. The SMILES string of the molecule is CCCCCCCc1ccc(C2=C3CC[C@@H]4C(=C3CCC2=O)CC[C@@]2(C)[C@H]4CC[C@@]2(O)C(F)(F)C#C[Si](C(C)C)(C(C)C)C(C)C)cc1. The number of alkyl halides is 2. The van der Waals surface area contributed by atoms with Crippen molar-refractivity contribution in [2.75, 3.05) is 0 Å². The second-order valence-electron chi connectivity index (χ2n) is 16.9. The molecule has 1 N–H and O–H groups in total. The average Bonchev–Trinajstić information content (AvgIpc) is 3.32. The van der Waals surface area contributed by atoms with Gasteiger partial charge in [-0.1, -0.05) is 111 Å². The molecule has 0 heterocycles. The van der Waals surface area contributed by atoms with Crippen molar-refractivity contribution < 1.29 is 18.7 Å². The first-order chi connectivity index (χ1) is 22.6. The molecular formula is C43H62F2O2Si. The minimum Gasteiger partial charge on any atom is -0.382 e. The Kier molecular flexibility index (Phi) is 11.1. The Morgan fingerprint density at radius 2 is 1.52 bits per heavy atom. The van der Waals surface area contributed by atoms with Crippen molar-refractivity contribution in [2.45, 2.75) is 173 Å². The second-order valence-corrected chi connectivity index (χ2v) is 22.5. The highest BCUT2D eigenvalue weighted by atomic mass is 28.3. The normalized spacial score (nSPS) is 27.8. The number of hydrogen-bond acceptors (Lipinski definition) is 2. The number of fused-ring (bicyclic) bond motifs is 4. The minimum atomic E-state index is -3.47. The molecule has 4 atom stereocenters. The van der Waals surface area contributed by atoms with Gasteiger partial charge in [0, 0.05) is 17.4 Å². The van der Waals surface area contributed by atoms with E-state index in [-0.39, 0.29) is 40.7 Å². The molecule has 4 aliphatic rings. The molecule has 5 rings (SSSR count). The summed E-state index contributed by atoms with van der Waals surface area (Å²) in [6.45, 7) is 17.0. The second kappa shape index (κ2) is 14.3. The molecule has 0 spiro atoms. The third-order valence-corrected chi connectivity index (χ3v) is 20.0. The lowest BCUT2D eigenvalue weighted by molar-refractivity contribution is -0.207. The number of aryl methyl sites for hydroxylation is 1. The summed E-state index contributed by atoms with van der Waals surface area (Å²) in [7, 11) is -2.38. The molecule has 2 fully saturated rings. The highest BCUT2D eigenvalue weighted by Gasteiger charge is 2.70. The van der Waals surface area contributed by atoms with Crippen LogP contribution in [-0.4, -0.2) is 30.5 Å². The van der Waals surface area contributed by atoms with Gasteiger partial charge < -0.3 is 5.11 Å². The summed E-state index contributed by atoms with van der Waals surface area (Å²) < 4.78 is 33.0. The van der Waals surface area contributed by atoms with E-state index in [1.807, 2.05) is 6.92 Å². The summed E-state index contributed by atoms with van der Waals surface area (Å²) in [6.07, 6.45) is 12.2. The first kappa shape index (κ1) is 37.2. The largest absolute Gasteiger partial charge is 0.382 e. The maximum Gasteiger partial charge on any atom is 0.336 e. The number of ketones is 1. The zero-order chi connectivity index (χ0) is 35.1. The minimum absolute atomic E-state index is 0.00652. The van der Waals surface area contributed by atoms with Gasteiger partial charge in [0.1, 0.15) is 13.7 Å². The Hall–Kier alpha value is -2.03. The first-order valence-electron chi connectivity index (χ1n) is 19.4. The molecule has 0 aromatic heterocycles. The van der Waals surface area contributed by atoms with Gasteiger partial charge in [0.2, 0.25) is 0 Å². The number of hydrogen-bond donors (Lipinski definition) is 1. The predicted octanol–water partition coefficient (Wildman–Crippen LogP) is 11.8. The molecule has 0 unspecified atom stereocenters. The van der Waals surface area contributed by atoms with Crippen LogP contribution in [0.15, 0.2) is 41.0 Å². The number of halogens is 2. The van der Waals surface area contributed by atoms with Crippen LogP contribution in [0.1, 0.15) is 150 Å². The number of Topliss-reactive ketones (excluding diaryl/α,β-unsaturated/α-hetero) is 1. The summed E-state index contributed by atoms with van der Waals surface area (Å²) in [6, 6.07) is 8.70. The van der Waals surface area contributed by atoms with Crippen LogP contribution in [0.5, 0.6) is 0 Å². The Morgan fingerprint density at radius 1 is 0.875 bits per heavy atom. The summed E-state index contributed by atoms with van der Waals surface area (Å²) in [4.78, 5) is 13.4.